The molecule has 1 heterocycles. The zero-order chi connectivity index (χ0) is 26.4. The summed E-state index contributed by atoms with van der Waals surface area (Å²) in [5.41, 5.74) is 10.6. The van der Waals surface area contributed by atoms with Crippen molar-refractivity contribution in [2.45, 2.75) is 70.1 Å². The van der Waals surface area contributed by atoms with E-state index in [0.29, 0.717) is 0 Å². The lowest BCUT2D eigenvalue weighted by atomic mass is 9.86. The Morgan fingerprint density at radius 2 is 1.65 bits per heavy atom. The second-order valence-electron chi connectivity index (χ2n) is 7.23. The van der Waals surface area contributed by atoms with Gasteiger partial charge in [-0.3, -0.25) is 19.2 Å². The van der Waals surface area contributed by atoms with E-state index in [-0.39, 0.29) is 0 Å². The molecule has 0 aromatic rings. The zero-order valence-corrected chi connectivity index (χ0v) is 18.7. The largest absolute Gasteiger partial charge is 0.477 e. The number of nitrogens with two attached hydrogens (primary N) is 2. The standard InChI is InChI=1S/C18H26F2N4O10/c1-6(25)23-11-12(24-17(21)22)15(19)18(20,16(29)30)34-14(11)13(33-9(4)28)10(32-8(3)27)5-31-7(2)26/h10-15H,5H2,1-4H3,(H,23,25)(H,29,30)(H4,21,22,24)/t10-,11-,12?,13-,14?,15?,18-/m1/s1. The van der Waals surface area contributed by atoms with Gasteiger partial charge < -0.3 is 40.8 Å². The van der Waals surface area contributed by atoms with E-state index in [1.807, 2.05) is 0 Å². The highest BCUT2D eigenvalue weighted by molar-refractivity contribution is 5.79. The minimum atomic E-state index is -4.09. The summed E-state index contributed by atoms with van der Waals surface area (Å²) in [5, 5.41) is 11.5. The molecule has 7 atom stereocenters. The van der Waals surface area contributed by atoms with Gasteiger partial charge in [0.1, 0.15) is 18.8 Å². The number of amides is 1. The number of carboxylic acids is 1. The fourth-order valence-corrected chi connectivity index (χ4v) is 3.25. The number of carboxylic acid groups (broad SMARTS) is 1. The molecule has 16 heteroatoms. The van der Waals surface area contributed by atoms with Gasteiger partial charge in [-0.05, 0) is 0 Å². The van der Waals surface area contributed by atoms with Gasteiger partial charge in [-0.2, -0.15) is 4.39 Å². The lowest BCUT2D eigenvalue weighted by Gasteiger charge is -2.46. The van der Waals surface area contributed by atoms with Crippen LogP contribution in [0.15, 0.2) is 4.99 Å². The molecule has 1 aliphatic heterocycles. The summed E-state index contributed by atoms with van der Waals surface area (Å²) in [7, 11) is 0. The van der Waals surface area contributed by atoms with Crippen molar-refractivity contribution >= 4 is 35.7 Å². The van der Waals surface area contributed by atoms with E-state index < -0.39 is 84.8 Å². The molecule has 1 saturated heterocycles. The number of nitrogens with zero attached hydrogens (tertiary/aromatic N) is 1. The first-order valence-electron chi connectivity index (χ1n) is 9.68. The minimum absolute atomic E-state index is 0.766. The summed E-state index contributed by atoms with van der Waals surface area (Å²) in [4.78, 5) is 61.6. The summed E-state index contributed by atoms with van der Waals surface area (Å²) in [5.74, 6) is -11.0. The molecular weight excluding hydrogens is 470 g/mol. The van der Waals surface area contributed by atoms with Gasteiger partial charge in [0, 0.05) is 27.7 Å². The number of hydrogen-bond donors (Lipinski definition) is 4. The van der Waals surface area contributed by atoms with Gasteiger partial charge in [0.25, 0.3) is 0 Å². The van der Waals surface area contributed by atoms with Crippen LogP contribution in [0.3, 0.4) is 0 Å². The first-order chi connectivity index (χ1) is 15.6. The van der Waals surface area contributed by atoms with Gasteiger partial charge in [0.15, 0.2) is 24.3 Å². The molecule has 0 aliphatic carbocycles. The number of carbonyl (C=O) groups is 5. The first kappa shape index (κ1) is 28.5. The number of esters is 3. The smallest absolute Gasteiger partial charge is 0.372 e. The number of halogens is 2. The average molecular weight is 496 g/mol. The van der Waals surface area contributed by atoms with Gasteiger partial charge in [-0.1, -0.05) is 0 Å². The Labute approximate surface area is 191 Å². The summed E-state index contributed by atoms with van der Waals surface area (Å²) in [6.07, 6.45) is -8.76. The maximum Gasteiger partial charge on any atom is 0.372 e. The van der Waals surface area contributed by atoms with E-state index in [9.17, 15) is 29.1 Å². The first-order valence-corrected chi connectivity index (χ1v) is 9.68. The van der Waals surface area contributed by atoms with Crippen LogP contribution < -0.4 is 16.8 Å². The Bertz CT molecular complexity index is 853. The predicted molar refractivity (Wildman–Crippen MR) is 106 cm³/mol. The van der Waals surface area contributed by atoms with Crippen molar-refractivity contribution in [1.82, 2.24) is 5.32 Å². The molecule has 192 valence electrons. The molecule has 1 rings (SSSR count). The molecule has 1 fully saturated rings. The van der Waals surface area contributed by atoms with Crippen LogP contribution in [0.2, 0.25) is 0 Å². The van der Waals surface area contributed by atoms with Crippen molar-refractivity contribution < 1.29 is 56.8 Å². The van der Waals surface area contributed by atoms with Crippen LogP contribution in [0, 0.1) is 0 Å². The van der Waals surface area contributed by atoms with Crippen LogP contribution in [0.4, 0.5) is 8.78 Å². The number of carbonyl (C=O) groups excluding carboxylic acids is 4. The molecule has 0 bridgehead atoms. The predicted octanol–water partition coefficient (Wildman–Crippen LogP) is -1.95. The van der Waals surface area contributed by atoms with E-state index >= 15 is 8.78 Å². The van der Waals surface area contributed by atoms with Crippen LogP contribution in [0.1, 0.15) is 27.7 Å². The quantitative estimate of drug-likeness (QED) is 0.118. The van der Waals surface area contributed by atoms with Crippen molar-refractivity contribution in [2.24, 2.45) is 16.5 Å². The van der Waals surface area contributed by atoms with Crippen LogP contribution in [-0.2, 0) is 42.9 Å². The summed E-state index contributed by atoms with van der Waals surface area (Å²) in [6, 6.07) is -3.85. The minimum Gasteiger partial charge on any atom is -0.477 e. The highest BCUT2D eigenvalue weighted by atomic mass is 19.2. The van der Waals surface area contributed by atoms with Gasteiger partial charge in [-0.15, -0.1) is 0 Å². The van der Waals surface area contributed by atoms with Crippen molar-refractivity contribution in [1.29, 1.82) is 0 Å². The fourth-order valence-electron chi connectivity index (χ4n) is 3.25. The van der Waals surface area contributed by atoms with Gasteiger partial charge >= 0.3 is 29.7 Å². The van der Waals surface area contributed by atoms with Gasteiger partial charge in [-0.25, -0.2) is 14.2 Å². The Morgan fingerprint density at radius 3 is 2.06 bits per heavy atom. The summed E-state index contributed by atoms with van der Waals surface area (Å²) in [6.45, 7) is 3.05. The van der Waals surface area contributed by atoms with Crippen LogP contribution in [0.5, 0.6) is 0 Å². The number of nitrogens with one attached hydrogen (secondary N) is 1. The maximum absolute atomic E-state index is 15.3. The molecule has 1 aliphatic rings. The summed E-state index contributed by atoms with van der Waals surface area (Å²) >= 11 is 0. The number of guanidine groups is 1. The molecule has 0 radical (unpaired) electrons. The van der Waals surface area contributed by atoms with Crippen molar-refractivity contribution in [3.05, 3.63) is 0 Å². The third-order valence-electron chi connectivity index (χ3n) is 4.40. The topological polar surface area (TPSA) is 219 Å². The third kappa shape index (κ3) is 7.23. The van der Waals surface area contributed by atoms with Crippen LogP contribution in [0.25, 0.3) is 0 Å². The second-order valence-corrected chi connectivity index (χ2v) is 7.23. The zero-order valence-electron chi connectivity index (χ0n) is 18.7. The number of alkyl halides is 2. The Balaban J connectivity index is 3.74. The molecule has 0 spiro atoms. The fraction of sp³-hybridized carbons (Fsp3) is 0.667. The highest BCUT2D eigenvalue weighted by Crippen LogP contribution is 2.38. The van der Waals surface area contributed by atoms with Gasteiger partial charge in [0.05, 0.1) is 6.04 Å². The lowest BCUT2D eigenvalue weighted by molar-refractivity contribution is -0.278. The number of hydrogen-bond acceptors (Lipinski definition) is 10. The molecule has 0 saturated carbocycles. The molecule has 1 amide bonds. The Hall–Kier alpha value is -3.56. The van der Waals surface area contributed by atoms with Crippen molar-refractivity contribution in [3.63, 3.8) is 0 Å². The van der Waals surface area contributed by atoms with E-state index in [1.165, 1.54) is 0 Å². The highest BCUT2D eigenvalue weighted by Gasteiger charge is 2.64. The van der Waals surface area contributed by atoms with Crippen LogP contribution >= 0.6 is 0 Å². The second kappa shape index (κ2) is 11.5. The van der Waals surface area contributed by atoms with Crippen LogP contribution in [-0.4, -0.2) is 89.9 Å². The van der Waals surface area contributed by atoms with E-state index in [1.54, 1.807) is 0 Å². The molecule has 14 nitrogen and oxygen atoms in total. The Kier molecular flexibility index (Phi) is 9.66. The number of aliphatic imine (C=N–C) groups is 1. The van der Waals surface area contributed by atoms with Crippen molar-refractivity contribution in [3.8, 4) is 0 Å². The molecule has 34 heavy (non-hydrogen) atoms. The maximum atomic E-state index is 15.3. The molecular formula is C18H26F2N4O10. The SMILES string of the molecule is CC(=O)N[C@@H]1C(N=C(N)N)C(F)[C@](F)(C(=O)O)OC1[C@H](OC(C)=O)[C@@H](COC(C)=O)OC(C)=O. The number of rotatable bonds is 9. The summed E-state index contributed by atoms with van der Waals surface area (Å²) < 4.78 is 50.1. The van der Waals surface area contributed by atoms with Crippen molar-refractivity contribution in [2.75, 3.05) is 6.61 Å². The van der Waals surface area contributed by atoms with E-state index in [2.05, 4.69) is 10.3 Å². The van der Waals surface area contributed by atoms with Gasteiger partial charge in [0.2, 0.25) is 5.91 Å². The third-order valence-corrected chi connectivity index (χ3v) is 4.40. The molecule has 6 N–H and O–H groups in total. The monoisotopic (exact) mass is 496 g/mol. The molecule has 3 unspecified atom stereocenters. The lowest BCUT2D eigenvalue weighted by Crippen LogP contribution is -2.71. The number of aliphatic carboxylic acids is 1. The van der Waals surface area contributed by atoms with E-state index in [4.69, 9.17) is 30.4 Å². The molecule has 0 aromatic carbocycles. The molecule has 0 aromatic heterocycles. The Morgan fingerprint density at radius 1 is 1.09 bits per heavy atom. The normalized spacial score (nSPS) is 27.9. The number of ether oxygens (including phenoxy) is 4. The average Bonchev–Trinajstić information content (AvgIpc) is 2.67. The van der Waals surface area contributed by atoms with E-state index in [0.717, 1.165) is 27.7 Å².